The van der Waals surface area contributed by atoms with Gasteiger partial charge >= 0.3 is 5.97 Å². The fourth-order valence-corrected chi connectivity index (χ4v) is 5.65. The highest BCUT2D eigenvalue weighted by molar-refractivity contribution is 5.83. The summed E-state index contributed by atoms with van der Waals surface area (Å²) < 4.78 is 5.43. The summed E-state index contributed by atoms with van der Waals surface area (Å²) in [5.74, 6) is 2.22. The molecule has 4 nitrogen and oxygen atoms in total. The van der Waals surface area contributed by atoms with Crippen molar-refractivity contribution in [2.75, 3.05) is 0 Å². The summed E-state index contributed by atoms with van der Waals surface area (Å²) in [7, 11) is 0. The Morgan fingerprint density at radius 2 is 1.64 bits per heavy atom. The van der Waals surface area contributed by atoms with Crippen molar-refractivity contribution < 1.29 is 14.3 Å². The van der Waals surface area contributed by atoms with Gasteiger partial charge in [-0.25, -0.2) is 0 Å². The van der Waals surface area contributed by atoms with E-state index >= 15 is 0 Å². The summed E-state index contributed by atoms with van der Waals surface area (Å²) in [6.45, 7) is 1.69. The lowest BCUT2D eigenvalue weighted by molar-refractivity contribution is -0.161. The molecule has 0 saturated heterocycles. The van der Waals surface area contributed by atoms with Crippen LogP contribution in [0.15, 0.2) is 0 Å². The summed E-state index contributed by atoms with van der Waals surface area (Å²) in [5, 5.41) is 2.90. The van der Waals surface area contributed by atoms with Crippen LogP contribution in [0, 0.1) is 23.2 Å². The van der Waals surface area contributed by atoms with Crippen molar-refractivity contribution >= 4 is 11.9 Å². The van der Waals surface area contributed by atoms with Crippen LogP contribution in [-0.4, -0.2) is 24.0 Å². The molecule has 1 atom stereocenters. The largest absolute Gasteiger partial charge is 0.453 e. The van der Waals surface area contributed by atoms with Crippen LogP contribution in [0.25, 0.3) is 0 Å². The molecule has 22 heavy (non-hydrogen) atoms. The lowest BCUT2D eigenvalue weighted by Crippen LogP contribution is -2.47. The van der Waals surface area contributed by atoms with Gasteiger partial charge in [0.05, 0.1) is 6.42 Å². The number of nitrogens with one attached hydrogen (secondary N) is 1. The Kier molecular flexibility index (Phi) is 3.46. The van der Waals surface area contributed by atoms with Gasteiger partial charge in [0, 0.05) is 6.04 Å². The van der Waals surface area contributed by atoms with Crippen LogP contribution in [0.4, 0.5) is 0 Å². The van der Waals surface area contributed by atoms with Crippen LogP contribution < -0.4 is 5.32 Å². The van der Waals surface area contributed by atoms with Crippen molar-refractivity contribution in [3.8, 4) is 0 Å². The Morgan fingerprint density at radius 1 is 1.09 bits per heavy atom. The molecule has 0 radical (unpaired) electrons. The predicted molar refractivity (Wildman–Crippen MR) is 81.9 cm³/mol. The molecule has 5 aliphatic rings. The quantitative estimate of drug-likeness (QED) is 0.795. The van der Waals surface area contributed by atoms with E-state index in [-0.39, 0.29) is 17.3 Å². The highest BCUT2D eigenvalue weighted by Gasteiger charge is 2.51. The summed E-state index contributed by atoms with van der Waals surface area (Å²) >= 11 is 0. The average Bonchev–Trinajstić information content (AvgIpc) is 3.19. The molecule has 5 aliphatic carbocycles. The number of ether oxygens (including phenoxy) is 1. The highest BCUT2D eigenvalue weighted by Crippen LogP contribution is 2.61. The lowest BCUT2D eigenvalue weighted by atomic mass is 9.49. The number of carbonyl (C=O) groups excluding carboxylic acids is 2. The van der Waals surface area contributed by atoms with E-state index in [4.69, 9.17) is 4.74 Å². The Hall–Kier alpha value is -1.06. The third kappa shape index (κ3) is 2.89. The molecule has 0 unspecified atom stereocenters. The van der Waals surface area contributed by atoms with Gasteiger partial charge in [0.15, 0.2) is 6.10 Å². The van der Waals surface area contributed by atoms with Crippen LogP contribution in [0.1, 0.15) is 64.7 Å². The normalized spacial score (nSPS) is 40.3. The third-order valence-electron chi connectivity index (χ3n) is 6.29. The molecule has 4 bridgehead atoms. The molecule has 5 saturated carbocycles. The first kappa shape index (κ1) is 14.5. The Bertz CT molecular complexity index is 447. The van der Waals surface area contributed by atoms with Gasteiger partial charge in [0.2, 0.25) is 0 Å². The van der Waals surface area contributed by atoms with Gasteiger partial charge in [-0.05, 0) is 81.5 Å². The van der Waals surface area contributed by atoms with Gasteiger partial charge in [0.25, 0.3) is 5.91 Å². The first-order chi connectivity index (χ1) is 10.5. The first-order valence-electron chi connectivity index (χ1n) is 9.01. The predicted octanol–water partition coefficient (Wildman–Crippen LogP) is 2.80. The smallest absolute Gasteiger partial charge is 0.307 e. The molecular weight excluding hydrogens is 278 g/mol. The van der Waals surface area contributed by atoms with Gasteiger partial charge in [-0.1, -0.05) is 0 Å². The summed E-state index contributed by atoms with van der Waals surface area (Å²) in [6.07, 6.45) is 9.75. The molecule has 122 valence electrons. The van der Waals surface area contributed by atoms with E-state index in [1.807, 2.05) is 0 Å². The molecule has 0 aromatic heterocycles. The molecule has 1 N–H and O–H groups in total. The zero-order chi connectivity index (χ0) is 15.3. The minimum atomic E-state index is -0.651. The van der Waals surface area contributed by atoms with Crippen LogP contribution in [0.2, 0.25) is 0 Å². The zero-order valence-electron chi connectivity index (χ0n) is 13.5. The van der Waals surface area contributed by atoms with Gasteiger partial charge < -0.3 is 10.1 Å². The minimum Gasteiger partial charge on any atom is -0.453 e. The Labute approximate surface area is 132 Å². The molecule has 1 amide bonds. The van der Waals surface area contributed by atoms with Crippen LogP contribution in [-0.2, 0) is 14.3 Å². The number of rotatable bonds is 5. The van der Waals surface area contributed by atoms with E-state index in [2.05, 4.69) is 5.32 Å². The minimum absolute atomic E-state index is 0.138. The lowest BCUT2D eigenvalue weighted by Gasteiger charge is -2.56. The van der Waals surface area contributed by atoms with Crippen LogP contribution >= 0.6 is 0 Å². The molecule has 0 aromatic carbocycles. The third-order valence-corrected chi connectivity index (χ3v) is 6.29. The molecule has 5 fully saturated rings. The van der Waals surface area contributed by atoms with E-state index in [0.717, 1.165) is 30.6 Å². The zero-order valence-corrected chi connectivity index (χ0v) is 13.5. The van der Waals surface area contributed by atoms with Crippen molar-refractivity contribution in [2.24, 2.45) is 23.2 Å². The van der Waals surface area contributed by atoms with E-state index in [9.17, 15) is 9.59 Å². The number of amides is 1. The number of carbonyl (C=O) groups is 2. The summed E-state index contributed by atoms with van der Waals surface area (Å²) in [6, 6.07) is 0.316. The van der Waals surface area contributed by atoms with Crippen LogP contribution in [0.3, 0.4) is 0 Å². The number of esters is 1. The van der Waals surface area contributed by atoms with Crippen molar-refractivity contribution in [2.45, 2.75) is 76.9 Å². The summed E-state index contributed by atoms with van der Waals surface area (Å²) in [5.41, 5.74) is 0.193. The summed E-state index contributed by atoms with van der Waals surface area (Å²) in [4.78, 5) is 24.2. The van der Waals surface area contributed by atoms with Crippen molar-refractivity contribution in [1.29, 1.82) is 0 Å². The highest BCUT2D eigenvalue weighted by atomic mass is 16.5. The maximum absolute atomic E-state index is 12.3. The van der Waals surface area contributed by atoms with Gasteiger partial charge in [-0.15, -0.1) is 0 Å². The van der Waals surface area contributed by atoms with Crippen molar-refractivity contribution in [1.82, 2.24) is 5.32 Å². The van der Waals surface area contributed by atoms with Gasteiger partial charge in [-0.2, -0.15) is 0 Å². The molecular formula is C18H27NO3. The fourth-order valence-electron chi connectivity index (χ4n) is 5.65. The first-order valence-corrected chi connectivity index (χ1v) is 9.01. The van der Waals surface area contributed by atoms with E-state index in [0.29, 0.717) is 12.5 Å². The van der Waals surface area contributed by atoms with E-state index < -0.39 is 6.10 Å². The van der Waals surface area contributed by atoms with E-state index in [1.165, 1.54) is 38.5 Å². The SMILES string of the molecule is C[C@H](OC(=O)CC12CC3CC(CC(C3)C1)C2)C(=O)NC1CC1. The number of hydrogen-bond donors (Lipinski definition) is 1. The molecule has 0 spiro atoms. The van der Waals surface area contributed by atoms with Crippen molar-refractivity contribution in [3.63, 3.8) is 0 Å². The Morgan fingerprint density at radius 3 is 2.14 bits per heavy atom. The van der Waals surface area contributed by atoms with Crippen LogP contribution in [0.5, 0.6) is 0 Å². The standard InChI is InChI=1S/C18H27NO3/c1-11(17(21)19-15-2-3-15)22-16(20)10-18-7-12-4-13(8-18)6-14(5-12)9-18/h11-15H,2-10H2,1H3,(H,19,21)/t11-,12?,13?,14?,18?/m0/s1. The molecule has 5 rings (SSSR count). The molecule has 0 aromatic rings. The monoisotopic (exact) mass is 305 g/mol. The molecule has 4 heteroatoms. The fraction of sp³-hybridized carbons (Fsp3) is 0.889. The number of hydrogen-bond acceptors (Lipinski definition) is 3. The maximum atomic E-state index is 12.3. The second-order valence-corrected chi connectivity index (χ2v) is 8.51. The second kappa shape index (κ2) is 5.24. The molecule has 0 heterocycles. The Balaban J connectivity index is 1.32. The topological polar surface area (TPSA) is 55.4 Å². The van der Waals surface area contributed by atoms with Crippen molar-refractivity contribution in [3.05, 3.63) is 0 Å². The van der Waals surface area contributed by atoms with E-state index in [1.54, 1.807) is 6.92 Å². The van der Waals surface area contributed by atoms with Gasteiger partial charge in [-0.3, -0.25) is 9.59 Å². The average molecular weight is 305 g/mol. The maximum Gasteiger partial charge on any atom is 0.307 e. The van der Waals surface area contributed by atoms with Gasteiger partial charge in [0.1, 0.15) is 0 Å². The molecule has 0 aliphatic heterocycles. The second-order valence-electron chi connectivity index (χ2n) is 8.51.